The van der Waals surface area contributed by atoms with Crippen LogP contribution in [0.15, 0.2) is 29.1 Å². The van der Waals surface area contributed by atoms with Crippen molar-refractivity contribution in [2.45, 2.75) is 33.9 Å². The molecular formula is C23H24N4O4S. The number of carbonyl (C=O) groups excluding carboxylic acids is 1. The van der Waals surface area contributed by atoms with Crippen LogP contribution in [-0.4, -0.2) is 34.7 Å². The highest BCUT2D eigenvalue weighted by atomic mass is 32.1. The quantitative estimate of drug-likeness (QED) is 0.482. The largest absolute Gasteiger partial charge is 0.493 e. The number of fused-ring (bicyclic) bond motifs is 3. The van der Waals surface area contributed by atoms with Gasteiger partial charge in [0, 0.05) is 23.2 Å². The number of methoxy groups -OCH3 is 2. The number of aromatic nitrogens is 3. The fourth-order valence-corrected chi connectivity index (χ4v) is 5.02. The molecule has 1 N–H and O–H groups in total. The summed E-state index contributed by atoms with van der Waals surface area (Å²) in [5, 5.41) is 3.75. The third-order valence-electron chi connectivity index (χ3n) is 5.33. The van der Waals surface area contributed by atoms with Crippen LogP contribution in [0.3, 0.4) is 0 Å². The molecule has 8 nitrogen and oxygen atoms in total. The van der Waals surface area contributed by atoms with Gasteiger partial charge in [-0.25, -0.2) is 9.97 Å². The fraction of sp³-hybridized carbons (Fsp3) is 0.304. The predicted octanol–water partition coefficient (Wildman–Crippen LogP) is 3.27. The number of carbonyl (C=O) groups is 1. The molecule has 1 aromatic carbocycles. The Morgan fingerprint density at radius 2 is 1.94 bits per heavy atom. The zero-order chi connectivity index (χ0) is 23.0. The molecule has 1 amide bonds. The normalized spacial score (nSPS) is 11.2. The smallest absolute Gasteiger partial charge is 0.272 e. The maximum absolute atomic E-state index is 13.2. The van der Waals surface area contributed by atoms with Crippen LogP contribution >= 0.6 is 11.3 Å². The van der Waals surface area contributed by atoms with E-state index in [-0.39, 0.29) is 24.6 Å². The minimum absolute atomic E-state index is 0.125. The Bertz CT molecular complexity index is 1410. The zero-order valence-corrected chi connectivity index (χ0v) is 19.4. The van der Waals surface area contributed by atoms with Crippen LogP contribution in [0.2, 0.25) is 0 Å². The first-order valence-electron chi connectivity index (χ1n) is 10.1. The van der Waals surface area contributed by atoms with Crippen LogP contribution in [0, 0.1) is 20.8 Å². The Labute approximate surface area is 188 Å². The molecule has 3 heterocycles. The number of nitrogens with zero attached hydrogens (tertiary/aromatic N) is 3. The number of thiophene rings is 1. The van der Waals surface area contributed by atoms with Gasteiger partial charge in [-0.15, -0.1) is 11.3 Å². The third-order valence-corrected chi connectivity index (χ3v) is 6.39. The van der Waals surface area contributed by atoms with Crippen molar-refractivity contribution in [1.82, 2.24) is 19.9 Å². The SMILES string of the molecule is COc1cccc(CNC(=O)Cn2c(C)nc3c(sc4nc(C)cc(C)c43)c2=O)c1OC. The lowest BCUT2D eigenvalue weighted by Crippen LogP contribution is -2.33. The molecule has 0 atom stereocenters. The van der Waals surface area contributed by atoms with Gasteiger partial charge in [-0.05, 0) is 38.5 Å². The first-order valence-corrected chi connectivity index (χ1v) is 10.9. The minimum Gasteiger partial charge on any atom is -0.493 e. The number of ether oxygens (including phenoxy) is 2. The molecule has 9 heteroatoms. The highest BCUT2D eigenvalue weighted by Gasteiger charge is 2.18. The maximum atomic E-state index is 13.2. The summed E-state index contributed by atoms with van der Waals surface area (Å²) in [5.74, 6) is 1.34. The van der Waals surface area contributed by atoms with Crippen LogP contribution in [0.25, 0.3) is 20.4 Å². The van der Waals surface area contributed by atoms with Gasteiger partial charge < -0.3 is 14.8 Å². The molecule has 0 aliphatic heterocycles. The van der Waals surface area contributed by atoms with E-state index in [4.69, 9.17) is 9.47 Å². The second kappa shape index (κ2) is 8.58. The summed E-state index contributed by atoms with van der Waals surface area (Å²) in [7, 11) is 3.11. The number of rotatable bonds is 6. The molecule has 166 valence electrons. The summed E-state index contributed by atoms with van der Waals surface area (Å²) in [6.07, 6.45) is 0. The zero-order valence-electron chi connectivity index (χ0n) is 18.6. The van der Waals surface area contributed by atoms with E-state index in [0.29, 0.717) is 27.5 Å². The average Bonchev–Trinajstić information content (AvgIpc) is 3.13. The Morgan fingerprint density at radius 1 is 1.16 bits per heavy atom. The van der Waals surface area contributed by atoms with Gasteiger partial charge in [-0.2, -0.15) is 0 Å². The molecule has 0 saturated heterocycles. The van der Waals surface area contributed by atoms with Gasteiger partial charge >= 0.3 is 0 Å². The van der Waals surface area contributed by atoms with E-state index in [1.807, 2.05) is 32.0 Å². The van der Waals surface area contributed by atoms with E-state index in [1.165, 1.54) is 15.9 Å². The topological polar surface area (TPSA) is 95.3 Å². The Balaban J connectivity index is 1.62. The third kappa shape index (κ3) is 3.80. The summed E-state index contributed by atoms with van der Waals surface area (Å²) >= 11 is 1.32. The standard InChI is InChI=1S/C23H24N4O4S/c1-12-9-13(2)25-22-18(12)19-21(32-22)23(29)27(14(3)26-19)11-17(28)24-10-15-7-6-8-16(30-4)20(15)31-5/h6-9H,10-11H2,1-5H3,(H,24,28). The molecule has 0 spiro atoms. The van der Waals surface area contributed by atoms with E-state index in [2.05, 4.69) is 15.3 Å². The monoisotopic (exact) mass is 452 g/mol. The molecule has 0 unspecified atom stereocenters. The first-order chi connectivity index (χ1) is 15.3. The molecule has 4 aromatic rings. The lowest BCUT2D eigenvalue weighted by Gasteiger charge is -2.14. The van der Waals surface area contributed by atoms with Gasteiger partial charge in [0.05, 0.1) is 19.7 Å². The molecule has 32 heavy (non-hydrogen) atoms. The molecule has 4 rings (SSSR count). The number of para-hydroxylation sites is 1. The Kier molecular flexibility index (Phi) is 5.84. The van der Waals surface area contributed by atoms with Gasteiger partial charge in [0.25, 0.3) is 5.56 Å². The number of amides is 1. The lowest BCUT2D eigenvalue weighted by atomic mass is 10.1. The number of hydrogen-bond acceptors (Lipinski definition) is 7. The highest BCUT2D eigenvalue weighted by Crippen LogP contribution is 2.32. The van der Waals surface area contributed by atoms with Crippen LogP contribution in [0.1, 0.15) is 22.6 Å². The molecule has 0 radical (unpaired) electrons. The number of hydrogen-bond donors (Lipinski definition) is 1. The second-order valence-electron chi connectivity index (χ2n) is 7.52. The summed E-state index contributed by atoms with van der Waals surface area (Å²) in [5.41, 5.74) is 3.12. The summed E-state index contributed by atoms with van der Waals surface area (Å²) < 4.78 is 12.6. The predicted molar refractivity (Wildman–Crippen MR) is 125 cm³/mol. The van der Waals surface area contributed by atoms with Crippen LogP contribution in [0.5, 0.6) is 11.5 Å². The first kappa shape index (κ1) is 21.8. The second-order valence-corrected chi connectivity index (χ2v) is 8.52. The van der Waals surface area contributed by atoms with Gasteiger partial charge in [-0.1, -0.05) is 12.1 Å². The molecule has 0 aliphatic rings. The van der Waals surface area contributed by atoms with Crippen molar-refractivity contribution in [2.75, 3.05) is 14.2 Å². The van der Waals surface area contributed by atoms with Crippen molar-refractivity contribution in [3.8, 4) is 11.5 Å². The summed E-state index contributed by atoms with van der Waals surface area (Å²) in [6.45, 7) is 5.77. The van der Waals surface area contributed by atoms with Crippen molar-refractivity contribution in [2.24, 2.45) is 0 Å². The van der Waals surface area contributed by atoms with Gasteiger partial charge in [0.2, 0.25) is 5.91 Å². The maximum Gasteiger partial charge on any atom is 0.272 e. The van der Waals surface area contributed by atoms with Crippen LogP contribution in [-0.2, 0) is 17.9 Å². The lowest BCUT2D eigenvalue weighted by molar-refractivity contribution is -0.121. The van der Waals surface area contributed by atoms with E-state index in [0.717, 1.165) is 27.0 Å². The van der Waals surface area contributed by atoms with E-state index in [1.54, 1.807) is 27.2 Å². The molecule has 0 fully saturated rings. The Morgan fingerprint density at radius 3 is 2.66 bits per heavy atom. The number of pyridine rings is 1. The molecule has 0 saturated carbocycles. The fourth-order valence-electron chi connectivity index (χ4n) is 3.84. The van der Waals surface area contributed by atoms with Crippen molar-refractivity contribution in [3.05, 3.63) is 57.3 Å². The highest BCUT2D eigenvalue weighted by molar-refractivity contribution is 7.25. The van der Waals surface area contributed by atoms with Crippen molar-refractivity contribution in [3.63, 3.8) is 0 Å². The molecule has 3 aromatic heterocycles. The summed E-state index contributed by atoms with van der Waals surface area (Å²) in [4.78, 5) is 35.9. The number of benzene rings is 1. The average molecular weight is 453 g/mol. The summed E-state index contributed by atoms with van der Waals surface area (Å²) in [6, 6.07) is 7.45. The Hall–Kier alpha value is -3.46. The van der Waals surface area contributed by atoms with Crippen molar-refractivity contribution in [1.29, 1.82) is 0 Å². The van der Waals surface area contributed by atoms with Gasteiger partial charge in [-0.3, -0.25) is 14.2 Å². The molecular weight excluding hydrogens is 428 g/mol. The molecule has 0 aliphatic carbocycles. The van der Waals surface area contributed by atoms with Crippen molar-refractivity contribution >= 4 is 37.7 Å². The van der Waals surface area contributed by atoms with Crippen LogP contribution < -0.4 is 20.3 Å². The van der Waals surface area contributed by atoms with Crippen molar-refractivity contribution < 1.29 is 14.3 Å². The molecule has 0 bridgehead atoms. The minimum atomic E-state index is -0.299. The van der Waals surface area contributed by atoms with Crippen LogP contribution in [0.4, 0.5) is 0 Å². The van der Waals surface area contributed by atoms with E-state index in [9.17, 15) is 9.59 Å². The van der Waals surface area contributed by atoms with E-state index < -0.39 is 0 Å². The number of aryl methyl sites for hydroxylation is 3. The van der Waals surface area contributed by atoms with E-state index >= 15 is 0 Å². The number of nitrogens with one attached hydrogen (secondary N) is 1. The van der Waals surface area contributed by atoms with Gasteiger partial charge in [0.1, 0.15) is 21.9 Å². The van der Waals surface area contributed by atoms with Gasteiger partial charge in [0.15, 0.2) is 11.5 Å².